The van der Waals surface area contributed by atoms with Gasteiger partial charge in [0.2, 0.25) is 0 Å². The molecule has 5 aliphatic rings. The summed E-state index contributed by atoms with van der Waals surface area (Å²) < 4.78 is 0. The maximum atomic E-state index is 10.4. The van der Waals surface area contributed by atoms with Gasteiger partial charge in [0.1, 0.15) is 23.0 Å². The zero-order valence-electron chi connectivity index (χ0n) is 27.4. The Bertz CT molecular complexity index is 2590. The van der Waals surface area contributed by atoms with Gasteiger partial charge in [0.25, 0.3) is 0 Å². The molecule has 0 aromatic heterocycles. The summed E-state index contributed by atoms with van der Waals surface area (Å²) in [5.74, 6) is 0.511. The van der Waals surface area contributed by atoms with E-state index in [4.69, 9.17) is 20.0 Å². The van der Waals surface area contributed by atoms with Crippen LogP contribution in [-0.4, -0.2) is 43.3 Å². The number of phenolic OH excluding ortho intramolecular Hbond substituents is 4. The first-order valence-corrected chi connectivity index (χ1v) is 16.6. The second kappa shape index (κ2) is 12.2. The normalized spacial score (nSPS) is 17.4. The molecule has 5 aliphatic heterocycles. The number of fused-ring (bicyclic) bond motifs is 4. The van der Waals surface area contributed by atoms with Gasteiger partial charge >= 0.3 is 0 Å². The number of phenols is 4. The molecule has 4 N–H and O–H groups in total. The second-order valence-corrected chi connectivity index (χ2v) is 12.6. The standard InChI is InChI=1S/C44H28N4O4/c49-34-13-1-25(2-14-34)38-23-33-22-31-10-9-29(45-31)21-30-11-12-32(46-30)24-39-40(26-3-15-35(50)16-4-26)41(27-5-17-36(51)18-6-27)44(48-39)42(43(38)47-33)28-7-19-37(52)20-8-28/h1-24,49-52H. The maximum absolute atomic E-state index is 10.4. The molecule has 0 saturated heterocycles. The van der Waals surface area contributed by atoms with E-state index in [1.54, 1.807) is 48.5 Å². The predicted octanol–water partition coefficient (Wildman–Crippen LogP) is 8.51. The van der Waals surface area contributed by atoms with Crippen molar-refractivity contribution < 1.29 is 20.4 Å². The highest BCUT2D eigenvalue weighted by molar-refractivity contribution is 6.50. The summed E-state index contributed by atoms with van der Waals surface area (Å²) in [5.41, 5.74) is 11.7. The average Bonchev–Trinajstić information content (AvgIpc) is 3.95. The Morgan fingerprint density at radius 2 is 0.788 bits per heavy atom. The van der Waals surface area contributed by atoms with Crippen LogP contribution < -0.4 is 0 Å². The summed E-state index contributed by atoms with van der Waals surface area (Å²) in [6.45, 7) is 0. The van der Waals surface area contributed by atoms with Crippen LogP contribution in [0.5, 0.6) is 23.0 Å². The Morgan fingerprint density at radius 1 is 0.346 bits per heavy atom. The van der Waals surface area contributed by atoms with Gasteiger partial charge < -0.3 is 20.4 Å². The van der Waals surface area contributed by atoms with Gasteiger partial charge in [-0.2, -0.15) is 0 Å². The Balaban J connectivity index is 1.43. The van der Waals surface area contributed by atoms with Crippen molar-refractivity contribution in [1.82, 2.24) is 0 Å². The molecule has 0 radical (unpaired) electrons. The van der Waals surface area contributed by atoms with Gasteiger partial charge in [-0.25, -0.2) is 20.0 Å². The largest absolute Gasteiger partial charge is 0.508 e. The highest BCUT2D eigenvalue weighted by Crippen LogP contribution is 2.46. The van der Waals surface area contributed by atoms with Crippen molar-refractivity contribution >= 4 is 45.1 Å². The van der Waals surface area contributed by atoms with Crippen LogP contribution >= 0.6 is 0 Å². The van der Waals surface area contributed by atoms with E-state index in [0.717, 1.165) is 56.1 Å². The van der Waals surface area contributed by atoms with E-state index < -0.39 is 0 Å². The van der Waals surface area contributed by atoms with Crippen LogP contribution in [0, 0.1) is 0 Å². The Hall–Kier alpha value is -7.32. The first-order chi connectivity index (χ1) is 25.3. The summed E-state index contributed by atoms with van der Waals surface area (Å²) in [5, 5.41) is 41.3. The zero-order valence-corrected chi connectivity index (χ0v) is 27.4. The highest BCUT2D eigenvalue weighted by atomic mass is 16.3. The fraction of sp³-hybridized carbons (Fsp3) is 0. The minimum Gasteiger partial charge on any atom is -0.508 e. The minimum absolute atomic E-state index is 0.113. The first kappa shape index (κ1) is 30.7. The lowest BCUT2D eigenvalue weighted by Gasteiger charge is -2.17. The molecule has 0 atom stereocenters. The van der Waals surface area contributed by atoms with Gasteiger partial charge in [-0.1, -0.05) is 48.5 Å². The number of aliphatic imine (C=N–C) groups is 4. The lowest BCUT2D eigenvalue weighted by Crippen LogP contribution is -2.07. The molecular formula is C44H28N4O4. The van der Waals surface area contributed by atoms with Crippen molar-refractivity contribution in [3.8, 4) is 23.0 Å². The van der Waals surface area contributed by atoms with Crippen molar-refractivity contribution in [3.05, 3.63) is 191 Å². The summed E-state index contributed by atoms with van der Waals surface area (Å²) in [6, 6.07) is 27.9. The lowest BCUT2D eigenvalue weighted by molar-refractivity contribution is 0.474. The molecule has 0 aliphatic carbocycles. The van der Waals surface area contributed by atoms with E-state index in [9.17, 15) is 20.4 Å². The third kappa shape index (κ3) is 5.64. The van der Waals surface area contributed by atoms with Gasteiger partial charge in [-0.05, 0) is 119 Å². The molecule has 9 rings (SSSR count). The summed E-state index contributed by atoms with van der Waals surface area (Å²) in [6.07, 6.45) is 15.6. The zero-order chi connectivity index (χ0) is 35.3. The van der Waals surface area contributed by atoms with Crippen molar-refractivity contribution in [1.29, 1.82) is 0 Å². The number of benzene rings is 4. The molecule has 5 heterocycles. The summed E-state index contributed by atoms with van der Waals surface area (Å²) in [4.78, 5) is 20.4. The molecule has 0 saturated carbocycles. The fourth-order valence-electron chi connectivity index (χ4n) is 6.72. The molecule has 0 amide bonds. The molecule has 8 heteroatoms. The molecule has 4 aromatic carbocycles. The van der Waals surface area contributed by atoms with Crippen LogP contribution in [0.15, 0.2) is 188 Å². The second-order valence-electron chi connectivity index (χ2n) is 12.6. The van der Waals surface area contributed by atoms with Gasteiger partial charge in [-0.15, -0.1) is 0 Å². The number of hydrogen-bond acceptors (Lipinski definition) is 8. The van der Waals surface area contributed by atoms with Crippen molar-refractivity contribution in [3.63, 3.8) is 0 Å². The van der Waals surface area contributed by atoms with Gasteiger partial charge in [0.15, 0.2) is 0 Å². The molecule has 0 unspecified atom stereocenters. The number of allylic oxidation sites excluding steroid dienone is 12. The number of nitrogens with zero attached hydrogens (tertiary/aromatic N) is 4. The molecule has 0 spiro atoms. The van der Waals surface area contributed by atoms with Gasteiger partial charge in [0, 0.05) is 22.3 Å². The molecule has 52 heavy (non-hydrogen) atoms. The predicted molar refractivity (Wildman–Crippen MR) is 206 cm³/mol. The Morgan fingerprint density at radius 3 is 1.33 bits per heavy atom. The number of hydrogen-bond donors (Lipinski definition) is 4. The topological polar surface area (TPSA) is 130 Å². The first-order valence-electron chi connectivity index (χ1n) is 16.6. The van der Waals surface area contributed by atoms with E-state index in [2.05, 4.69) is 0 Å². The van der Waals surface area contributed by atoms with E-state index in [1.165, 1.54) is 0 Å². The van der Waals surface area contributed by atoms with E-state index in [1.807, 2.05) is 97.1 Å². The molecule has 8 bridgehead atoms. The minimum atomic E-state index is 0.113. The van der Waals surface area contributed by atoms with Crippen LogP contribution in [0.1, 0.15) is 22.3 Å². The molecular weight excluding hydrogens is 649 g/mol. The van der Waals surface area contributed by atoms with E-state index in [0.29, 0.717) is 34.1 Å². The van der Waals surface area contributed by atoms with E-state index in [-0.39, 0.29) is 23.0 Å². The monoisotopic (exact) mass is 676 g/mol. The Labute approximate surface area is 298 Å². The van der Waals surface area contributed by atoms with Gasteiger partial charge in [-0.3, -0.25) is 0 Å². The van der Waals surface area contributed by atoms with Crippen molar-refractivity contribution in [2.75, 3.05) is 0 Å². The maximum Gasteiger partial charge on any atom is 0.115 e. The number of aromatic hydroxyl groups is 4. The third-order valence-electron chi connectivity index (χ3n) is 9.13. The molecule has 8 nitrogen and oxygen atoms in total. The molecule has 4 aromatic rings. The van der Waals surface area contributed by atoms with Crippen LogP contribution in [0.25, 0.3) is 22.3 Å². The van der Waals surface area contributed by atoms with E-state index >= 15 is 0 Å². The smallest absolute Gasteiger partial charge is 0.115 e. The van der Waals surface area contributed by atoms with Crippen LogP contribution in [0.3, 0.4) is 0 Å². The van der Waals surface area contributed by atoms with Gasteiger partial charge in [0.05, 0.1) is 45.6 Å². The fourth-order valence-corrected chi connectivity index (χ4v) is 6.72. The molecule has 248 valence electrons. The average molecular weight is 677 g/mol. The SMILES string of the molecule is Oc1ccc(C2=CC3=CC4=NC(=CC5=NC(=CC6=NC(=C(c7ccc(O)cc7)C2=N3)C(c2ccc(O)cc2)=C6c2ccc(O)cc2)C=C5)C=C4)cc1. The van der Waals surface area contributed by atoms with Crippen molar-refractivity contribution in [2.45, 2.75) is 0 Å². The molecule has 0 fully saturated rings. The van der Waals surface area contributed by atoms with Crippen LogP contribution in [0.2, 0.25) is 0 Å². The van der Waals surface area contributed by atoms with Crippen molar-refractivity contribution in [2.24, 2.45) is 20.0 Å². The third-order valence-corrected chi connectivity index (χ3v) is 9.13. The summed E-state index contributed by atoms with van der Waals surface area (Å²) in [7, 11) is 0. The quantitative estimate of drug-likeness (QED) is 0.173. The lowest BCUT2D eigenvalue weighted by atomic mass is 9.86. The Kier molecular flexibility index (Phi) is 7.22. The van der Waals surface area contributed by atoms with Crippen LogP contribution in [0.4, 0.5) is 0 Å². The highest BCUT2D eigenvalue weighted by Gasteiger charge is 2.33. The van der Waals surface area contributed by atoms with Crippen LogP contribution in [-0.2, 0) is 0 Å². The number of rotatable bonds is 4. The summed E-state index contributed by atoms with van der Waals surface area (Å²) >= 11 is 0.